The van der Waals surface area contributed by atoms with Crippen LogP contribution in [0.25, 0.3) is 10.9 Å². The van der Waals surface area contributed by atoms with E-state index in [0.717, 1.165) is 85.7 Å². The number of hydrogen-bond donors (Lipinski definition) is 1. The van der Waals surface area contributed by atoms with Crippen molar-refractivity contribution in [3.8, 4) is 0 Å². The highest BCUT2D eigenvalue weighted by molar-refractivity contribution is 6.35. The number of nitrogens with zero attached hydrogens (tertiary/aromatic N) is 5. The second-order valence-electron chi connectivity index (χ2n) is 13.5. The van der Waals surface area contributed by atoms with Gasteiger partial charge < -0.3 is 29.2 Å². The highest BCUT2D eigenvalue weighted by Gasteiger charge is 2.25. The van der Waals surface area contributed by atoms with Gasteiger partial charge >= 0.3 is 0 Å². The van der Waals surface area contributed by atoms with Crippen molar-refractivity contribution in [2.24, 2.45) is 11.3 Å². The highest BCUT2D eigenvalue weighted by Crippen LogP contribution is 2.31. The summed E-state index contributed by atoms with van der Waals surface area (Å²) >= 11 is 6.38. The summed E-state index contributed by atoms with van der Waals surface area (Å²) in [4.78, 5) is 53.5. The van der Waals surface area contributed by atoms with Crippen molar-refractivity contribution in [1.82, 2.24) is 24.9 Å². The quantitative estimate of drug-likeness (QED) is 0.263. The van der Waals surface area contributed by atoms with E-state index in [-0.39, 0.29) is 36.2 Å². The predicted octanol–water partition coefficient (Wildman–Crippen LogP) is 4.84. The molecule has 1 aliphatic rings. The number of anilines is 1. The summed E-state index contributed by atoms with van der Waals surface area (Å²) in [7, 11) is 6.02. The first kappa shape index (κ1) is 36.9. The normalized spacial score (nSPS) is 14.8. The monoisotopic (exact) mass is 652 g/mol. The molecule has 3 aromatic rings. The predicted molar refractivity (Wildman–Crippen MR) is 184 cm³/mol. The van der Waals surface area contributed by atoms with Crippen LogP contribution in [0.2, 0.25) is 5.02 Å². The maximum absolute atomic E-state index is 12.4. The standard InChI is InChI=1S/C19H26ClN3O2.C16H23N3O2/c1-19(2,3)12-23(4)10-16-14(7-13(11-25)5-6-24)8-17(20)18-15(16)9-21-22-18;1-17-10-8-14(9-11-17)18(2)16(21)12-19(13-20)15-6-4-3-5-7-15/h6,8-9,11,13H,5,7,10,12H2,1-4H3,(H,21,22);3-7,13-14H,8-12H2,1-2H3. The molecule has 0 saturated carbocycles. The van der Waals surface area contributed by atoms with Gasteiger partial charge in [-0.2, -0.15) is 5.10 Å². The highest BCUT2D eigenvalue weighted by atomic mass is 35.5. The lowest BCUT2D eigenvalue weighted by molar-refractivity contribution is -0.132. The Labute approximate surface area is 278 Å². The van der Waals surface area contributed by atoms with E-state index in [1.54, 1.807) is 11.1 Å². The van der Waals surface area contributed by atoms with Gasteiger partial charge in [-0.05, 0) is 81.2 Å². The smallest absolute Gasteiger partial charge is 0.242 e. The van der Waals surface area contributed by atoms with Gasteiger partial charge in [0.05, 0.1) is 16.7 Å². The molecule has 250 valence electrons. The second-order valence-corrected chi connectivity index (χ2v) is 13.9. The van der Waals surface area contributed by atoms with Gasteiger partial charge in [-0.15, -0.1) is 0 Å². The minimum Gasteiger partial charge on any atom is -0.341 e. The van der Waals surface area contributed by atoms with Crippen LogP contribution in [0.4, 0.5) is 5.69 Å². The number of nitrogens with one attached hydrogen (secondary N) is 1. The van der Waals surface area contributed by atoms with Crippen LogP contribution >= 0.6 is 11.6 Å². The third kappa shape index (κ3) is 10.7. The molecule has 1 fully saturated rings. The molecule has 4 rings (SSSR count). The molecule has 1 aliphatic heterocycles. The summed E-state index contributed by atoms with van der Waals surface area (Å²) < 4.78 is 0. The van der Waals surface area contributed by atoms with Gasteiger partial charge in [-0.3, -0.25) is 14.7 Å². The zero-order chi connectivity index (χ0) is 33.9. The van der Waals surface area contributed by atoms with Crippen molar-refractivity contribution in [2.75, 3.05) is 52.2 Å². The van der Waals surface area contributed by atoms with Crippen LogP contribution in [-0.4, -0.2) is 103 Å². The van der Waals surface area contributed by atoms with Crippen LogP contribution < -0.4 is 4.90 Å². The van der Waals surface area contributed by atoms with Gasteiger partial charge in [0, 0.05) is 49.6 Å². The van der Waals surface area contributed by atoms with E-state index in [1.807, 2.05) is 43.4 Å². The van der Waals surface area contributed by atoms with E-state index in [1.165, 1.54) is 4.90 Å². The minimum absolute atomic E-state index is 0.0134. The van der Waals surface area contributed by atoms with Gasteiger partial charge in [0.2, 0.25) is 12.3 Å². The van der Waals surface area contributed by atoms with Crippen molar-refractivity contribution < 1.29 is 19.2 Å². The molecule has 46 heavy (non-hydrogen) atoms. The van der Waals surface area contributed by atoms with Crippen molar-refractivity contribution >= 4 is 53.1 Å². The van der Waals surface area contributed by atoms with Crippen LogP contribution in [0.5, 0.6) is 0 Å². The van der Waals surface area contributed by atoms with Gasteiger partial charge in [0.15, 0.2) is 0 Å². The molecule has 0 aliphatic carbocycles. The molecule has 1 unspecified atom stereocenters. The third-order valence-electron chi connectivity index (χ3n) is 8.29. The minimum atomic E-state index is -0.329. The largest absolute Gasteiger partial charge is 0.341 e. The van der Waals surface area contributed by atoms with Gasteiger partial charge in [0.25, 0.3) is 0 Å². The lowest BCUT2D eigenvalue weighted by atomic mass is 9.91. The van der Waals surface area contributed by atoms with E-state index < -0.39 is 0 Å². The van der Waals surface area contributed by atoms with E-state index in [9.17, 15) is 19.2 Å². The van der Waals surface area contributed by atoms with Crippen molar-refractivity contribution in [3.05, 3.63) is 58.7 Å². The topological polar surface area (TPSA) is 110 Å². The molecule has 2 aromatic carbocycles. The number of halogens is 1. The molecule has 2 amide bonds. The van der Waals surface area contributed by atoms with E-state index in [2.05, 4.69) is 54.9 Å². The summed E-state index contributed by atoms with van der Waals surface area (Å²) in [5.74, 6) is -0.343. The fourth-order valence-electron chi connectivity index (χ4n) is 5.93. The molecule has 10 nitrogen and oxygen atoms in total. The number of H-pyrrole nitrogens is 1. The Morgan fingerprint density at radius 2 is 1.80 bits per heavy atom. The SMILES string of the molecule is CN(Cc1c(CC(C=O)CC=O)cc(Cl)c2[nH]ncc12)CC(C)(C)C.CN1CCC(N(C)C(=O)CN(C=O)c2ccccc2)CC1. The number of amides is 2. The summed E-state index contributed by atoms with van der Waals surface area (Å²) in [6, 6.07) is 11.4. The number of hydrogen-bond acceptors (Lipinski definition) is 7. The molecular weight excluding hydrogens is 604 g/mol. The van der Waals surface area contributed by atoms with Crippen molar-refractivity contribution in [2.45, 2.75) is 59.0 Å². The number of carbonyl (C=O) groups excluding carboxylic acids is 4. The number of likely N-dealkylation sites (tertiary alicyclic amines) is 1. The molecule has 1 aromatic heterocycles. The molecule has 11 heteroatoms. The van der Waals surface area contributed by atoms with E-state index in [0.29, 0.717) is 11.4 Å². The summed E-state index contributed by atoms with van der Waals surface area (Å²) in [5.41, 5.74) is 3.84. The number of aromatic nitrogens is 2. The van der Waals surface area contributed by atoms with Gasteiger partial charge in [-0.1, -0.05) is 50.6 Å². The number of carbonyl (C=O) groups is 4. The number of rotatable bonds is 13. The molecule has 1 saturated heterocycles. The Morgan fingerprint density at radius 1 is 1.13 bits per heavy atom. The van der Waals surface area contributed by atoms with Gasteiger partial charge in [0.1, 0.15) is 19.1 Å². The second kappa shape index (κ2) is 17.4. The molecule has 0 radical (unpaired) electrons. The molecule has 1 N–H and O–H groups in total. The summed E-state index contributed by atoms with van der Waals surface area (Å²) in [6.45, 7) is 10.4. The average molecular weight is 653 g/mol. The Balaban J connectivity index is 0.000000254. The first-order valence-corrected chi connectivity index (χ1v) is 16.2. The first-order chi connectivity index (χ1) is 21.9. The zero-order valence-corrected chi connectivity index (χ0v) is 28.8. The van der Waals surface area contributed by atoms with E-state index >= 15 is 0 Å². The van der Waals surface area contributed by atoms with Crippen LogP contribution in [0, 0.1) is 11.3 Å². The van der Waals surface area contributed by atoms with Crippen LogP contribution in [-0.2, 0) is 32.1 Å². The third-order valence-corrected chi connectivity index (χ3v) is 8.59. The maximum atomic E-state index is 12.4. The van der Waals surface area contributed by atoms with Gasteiger partial charge in [-0.25, -0.2) is 0 Å². The van der Waals surface area contributed by atoms with Crippen molar-refractivity contribution in [1.29, 1.82) is 0 Å². The Kier molecular flexibility index (Phi) is 13.9. The Bertz CT molecular complexity index is 1430. The lowest BCUT2D eigenvalue weighted by Gasteiger charge is -2.35. The number of fused-ring (bicyclic) bond motifs is 1. The number of likely N-dealkylation sites (N-methyl/N-ethyl adjacent to an activating group) is 1. The van der Waals surface area contributed by atoms with Crippen LogP contribution in [0.1, 0.15) is 51.2 Å². The number of piperidine rings is 1. The zero-order valence-electron chi connectivity index (χ0n) is 28.0. The molecule has 0 bridgehead atoms. The Hall–Kier alpha value is -3.60. The first-order valence-electron chi connectivity index (χ1n) is 15.8. The average Bonchev–Trinajstić information content (AvgIpc) is 3.52. The van der Waals surface area contributed by atoms with E-state index in [4.69, 9.17) is 11.6 Å². The summed E-state index contributed by atoms with van der Waals surface area (Å²) in [6.07, 6.45) is 6.85. The Morgan fingerprint density at radius 3 is 2.39 bits per heavy atom. The number of aromatic amines is 1. The van der Waals surface area contributed by atoms with Crippen LogP contribution in [0.3, 0.4) is 0 Å². The maximum Gasteiger partial charge on any atom is 0.242 e. The number of benzene rings is 2. The number of aldehydes is 2. The molecule has 1 atom stereocenters. The van der Waals surface area contributed by atoms with Crippen LogP contribution in [0.15, 0.2) is 42.6 Å². The number of para-hydroxylation sites is 1. The fourth-order valence-corrected chi connectivity index (χ4v) is 6.21. The molecule has 2 heterocycles. The molecule has 0 spiro atoms. The lowest BCUT2D eigenvalue weighted by Crippen LogP contribution is -2.47. The van der Waals surface area contributed by atoms with Crippen molar-refractivity contribution in [3.63, 3.8) is 0 Å². The molecular formula is C35H49ClN6O4. The fraction of sp³-hybridized carbons (Fsp3) is 0.514. The summed E-state index contributed by atoms with van der Waals surface area (Å²) in [5, 5.41) is 8.63.